The summed E-state index contributed by atoms with van der Waals surface area (Å²) in [4.78, 5) is 4.67. The molecule has 1 aromatic rings. The Morgan fingerprint density at radius 2 is 1.90 bits per heavy atom. The van der Waals surface area contributed by atoms with Crippen molar-refractivity contribution in [2.75, 3.05) is 19.6 Å². The zero-order valence-electron chi connectivity index (χ0n) is 13.2. The van der Waals surface area contributed by atoms with Gasteiger partial charge in [0.2, 0.25) is 0 Å². The molecule has 0 amide bonds. The second kappa shape index (κ2) is 7.73. The molecule has 0 aliphatic carbocycles. The van der Waals surface area contributed by atoms with Crippen LogP contribution in [0.25, 0.3) is 0 Å². The first-order valence-corrected chi connectivity index (χ1v) is 7.20. The van der Waals surface area contributed by atoms with Gasteiger partial charge >= 0.3 is 0 Å². The van der Waals surface area contributed by atoms with Gasteiger partial charge in [0.1, 0.15) is 0 Å². The average Bonchev–Trinajstić information content (AvgIpc) is 2.42. The highest BCUT2D eigenvalue weighted by Gasteiger charge is 2.20. The maximum absolute atomic E-state index is 4.67. The monoisotopic (exact) mass is 273 g/mol. The van der Waals surface area contributed by atoms with Gasteiger partial charge in [-0.1, -0.05) is 49.8 Å². The predicted molar refractivity (Wildman–Crippen MR) is 88.4 cm³/mol. The molecule has 110 valence electrons. The quantitative estimate of drug-likeness (QED) is 0.475. The van der Waals surface area contributed by atoms with E-state index in [1.807, 2.05) is 6.08 Å². The van der Waals surface area contributed by atoms with Gasteiger partial charge in [-0.15, -0.1) is 6.58 Å². The minimum Gasteiger partial charge on any atom is -0.357 e. The van der Waals surface area contributed by atoms with Crippen molar-refractivity contribution >= 4 is 5.96 Å². The van der Waals surface area contributed by atoms with Gasteiger partial charge in [0.25, 0.3) is 0 Å². The molecular formula is C17H27N3. The van der Waals surface area contributed by atoms with E-state index in [1.54, 1.807) is 0 Å². The fourth-order valence-corrected chi connectivity index (χ4v) is 1.88. The molecule has 0 saturated carbocycles. The van der Waals surface area contributed by atoms with Crippen LogP contribution >= 0.6 is 0 Å². The van der Waals surface area contributed by atoms with Crippen molar-refractivity contribution in [2.24, 2.45) is 4.99 Å². The molecule has 0 atom stereocenters. The predicted octanol–water partition coefficient (Wildman–Crippen LogP) is 3.01. The largest absolute Gasteiger partial charge is 0.357 e. The van der Waals surface area contributed by atoms with Crippen LogP contribution in [-0.2, 0) is 5.41 Å². The van der Waals surface area contributed by atoms with Crippen molar-refractivity contribution in [3.63, 3.8) is 0 Å². The summed E-state index contributed by atoms with van der Waals surface area (Å²) in [6.07, 6.45) is 1.83. The first kappa shape index (κ1) is 16.3. The minimum atomic E-state index is 0.0181. The highest BCUT2D eigenvalue weighted by Crippen LogP contribution is 2.23. The average molecular weight is 273 g/mol. The maximum atomic E-state index is 4.67. The summed E-state index contributed by atoms with van der Waals surface area (Å²) in [6, 6.07) is 8.69. The number of hydrogen-bond donors (Lipinski definition) is 2. The lowest BCUT2D eigenvalue weighted by molar-refractivity contribution is 0.537. The number of aryl methyl sites for hydroxylation is 1. The van der Waals surface area contributed by atoms with Crippen molar-refractivity contribution in [3.8, 4) is 0 Å². The van der Waals surface area contributed by atoms with Gasteiger partial charge in [-0.05, 0) is 19.4 Å². The molecule has 0 saturated heterocycles. The van der Waals surface area contributed by atoms with Gasteiger partial charge in [-0.3, -0.25) is 4.99 Å². The van der Waals surface area contributed by atoms with Crippen molar-refractivity contribution in [2.45, 2.75) is 33.1 Å². The Morgan fingerprint density at radius 3 is 2.45 bits per heavy atom. The molecule has 0 heterocycles. The van der Waals surface area contributed by atoms with E-state index < -0.39 is 0 Å². The minimum absolute atomic E-state index is 0.0181. The standard InChI is InChI=1S/C17H27N3/c1-6-12-19-16(18-7-2)20-13-17(4,5)15-10-8-14(3)9-11-15/h6,8-11H,1,7,12-13H2,2-5H3,(H2,18,19,20). The number of rotatable bonds is 6. The molecule has 1 aromatic carbocycles. The number of hydrogen-bond acceptors (Lipinski definition) is 1. The van der Waals surface area contributed by atoms with Crippen LogP contribution in [0, 0.1) is 6.92 Å². The molecule has 0 aromatic heterocycles. The van der Waals surface area contributed by atoms with Crippen LogP contribution in [0.3, 0.4) is 0 Å². The Hall–Kier alpha value is -1.77. The smallest absolute Gasteiger partial charge is 0.191 e. The third kappa shape index (κ3) is 5.08. The van der Waals surface area contributed by atoms with Gasteiger partial charge in [-0.25, -0.2) is 0 Å². The van der Waals surface area contributed by atoms with E-state index in [-0.39, 0.29) is 5.41 Å². The molecule has 0 spiro atoms. The normalized spacial score (nSPS) is 12.1. The van der Waals surface area contributed by atoms with E-state index in [9.17, 15) is 0 Å². The first-order valence-electron chi connectivity index (χ1n) is 7.20. The third-order valence-electron chi connectivity index (χ3n) is 3.22. The fraction of sp³-hybridized carbons (Fsp3) is 0.471. The summed E-state index contributed by atoms with van der Waals surface area (Å²) in [7, 11) is 0. The Bertz CT molecular complexity index is 444. The third-order valence-corrected chi connectivity index (χ3v) is 3.22. The lowest BCUT2D eigenvalue weighted by atomic mass is 9.84. The Morgan fingerprint density at radius 1 is 1.25 bits per heavy atom. The molecule has 0 unspecified atom stereocenters. The van der Waals surface area contributed by atoms with Crippen molar-refractivity contribution in [3.05, 3.63) is 48.0 Å². The van der Waals surface area contributed by atoms with Crippen molar-refractivity contribution in [1.82, 2.24) is 10.6 Å². The zero-order chi connectivity index (χ0) is 15.0. The summed E-state index contributed by atoms with van der Waals surface area (Å²) in [6.45, 7) is 14.6. The van der Waals surface area contributed by atoms with Gasteiger partial charge in [0.15, 0.2) is 5.96 Å². The van der Waals surface area contributed by atoms with Crippen molar-refractivity contribution in [1.29, 1.82) is 0 Å². The molecule has 3 nitrogen and oxygen atoms in total. The molecule has 3 heteroatoms. The second-order valence-electron chi connectivity index (χ2n) is 5.61. The van der Waals surface area contributed by atoms with Crippen LogP contribution < -0.4 is 10.6 Å². The van der Waals surface area contributed by atoms with E-state index in [1.165, 1.54) is 11.1 Å². The maximum Gasteiger partial charge on any atom is 0.191 e. The first-order chi connectivity index (χ1) is 9.49. The SMILES string of the molecule is C=CCNC(=NCC(C)(C)c1ccc(C)cc1)NCC. The molecule has 0 radical (unpaired) electrons. The summed E-state index contributed by atoms with van der Waals surface area (Å²) >= 11 is 0. The fourth-order valence-electron chi connectivity index (χ4n) is 1.88. The number of nitrogens with zero attached hydrogens (tertiary/aromatic N) is 1. The van der Waals surface area contributed by atoms with E-state index in [0.29, 0.717) is 0 Å². The van der Waals surface area contributed by atoms with Gasteiger partial charge < -0.3 is 10.6 Å². The van der Waals surface area contributed by atoms with Gasteiger partial charge in [0, 0.05) is 18.5 Å². The summed E-state index contributed by atoms with van der Waals surface area (Å²) in [5, 5.41) is 6.47. The number of benzene rings is 1. The molecule has 0 fully saturated rings. The Balaban J connectivity index is 2.76. The second-order valence-corrected chi connectivity index (χ2v) is 5.61. The Kier molecular flexibility index (Phi) is 6.29. The summed E-state index contributed by atoms with van der Waals surface area (Å²) in [5.41, 5.74) is 2.62. The van der Waals surface area contributed by atoms with Gasteiger partial charge in [-0.2, -0.15) is 0 Å². The van der Waals surface area contributed by atoms with Gasteiger partial charge in [0.05, 0.1) is 6.54 Å². The highest BCUT2D eigenvalue weighted by atomic mass is 15.2. The van der Waals surface area contributed by atoms with Crippen LogP contribution in [0.15, 0.2) is 41.9 Å². The van der Waals surface area contributed by atoms with E-state index >= 15 is 0 Å². The lowest BCUT2D eigenvalue weighted by Crippen LogP contribution is -2.38. The van der Waals surface area contributed by atoms with E-state index in [4.69, 9.17) is 0 Å². The summed E-state index contributed by atoms with van der Waals surface area (Å²) < 4.78 is 0. The van der Waals surface area contributed by atoms with Crippen LogP contribution in [-0.4, -0.2) is 25.6 Å². The van der Waals surface area contributed by atoms with Crippen LogP contribution in [0.2, 0.25) is 0 Å². The number of guanidine groups is 1. The molecule has 20 heavy (non-hydrogen) atoms. The lowest BCUT2D eigenvalue weighted by Gasteiger charge is -2.24. The number of nitrogens with one attached hydrogen (secondary N) is 2. The van der Waals surface area contributed by atoms with E-state index in [0.717, 1.165) is 25.6 Å². The van der Waals surface area contributed by atoms with E-state index in [2.05, 4.69) is 74.2 Å². The molecule has 2 N–H and O–H groups in total. The Labute approximate surface area is 123 Å². The highest BCUT2D eigenvalue weighted by molar-refractivity contribution is 5.79. The molecule has 0 aliphatic heterocycles. The number of aliphatic imine (C=N–C) groups is 1. The molecule has 1 rings (SSSR count). The molecular weight excluding hydrogens is 246 g/mol. The molecule has 0 aliphatic rings. The zero-order valence-corrected chi connectivity index (χ0v) is 13.2. The summed E-state index contributed by atoms with van der Waals surface area (Å²) in [5.74, 6) is 0.840. The van der Waals surface area contributed by atoms with Crippen LogP contribution in [0.1, 0.15) is 31.9 Å². The topological polar surface area (TPSA) is 36.4 Å². The van der Waals surface area contributed by atoms with Crippen LogP contribution in [0.5, 0.6) is 0 Å². The van der Waals surface area contributed by atoms with Crippen molar-refractivity contribution < 1.29 is 0 Å². The van der Waals surface area contributed by atoms with Crippen LogP contribution in [0.4, 0.5) is 0 Å². The molecule has 0 bridgehead atoms.